The van der Waals surface area contributed by atoms with Crippen LogP contribution in [0.3, 0.4) is 0 Å². The molecule has 0 amide bonds. The Bertz CT molecular complexity index is 1050. The van der Waals surface area contributed by atoms with Gasteiger partial charge in [0.2, 0.25) is 0 Å². The highest BCUT2D eigenvalue weighted by Gasteiger charge is 2.16. The lowest BCUT2D eigenvalue weighted by Crippen LogP contribution is -1.99. The molecule has 0 fully saturated rings. The van der Waals surface area contributed by atoms with E-state index in [-0.39, 0.29) is 5.82 Å². The highest BCUT2D eigenvalue weighted by Crippen LogP contribution is 2.30. The van der Waals surface area contributed by atoms with Gasteiger partial charge in [-0.25, -0.2) is 9.37 Å². The van der Waals surface area contributed by atoms with Crippen LogP contribution in [0.5, 0.6) is 0 Å². The van der Waals surface area contributed by atoms with Gasteiger partial charge < -0.3 is 0 Å². The second-order valence-electron chi connectivity index (χ2n) is 5.76. The summed E-state index contributed by atoms with van der Waals surface area (Å²) in [5.41, 5.74) is 2.79. The third-order valence-corrected chi connectivity index (χ3v) is 5.12. The van der Waals surface area contributed by atoms with E-state index in [1.807, 2.05) is 47.0 Å². The molecule has 0 atom stereocenters. The fourth-order valence-corrected chi connectivity index (χ4v) is 3.73. The molecular formula is C20H14ClFN4S. The van der Waals surface area contributed by atoms with Gasteiger partial charge in [-0.1, -0.05) is 41.6 Å². The van der Waals surface area contributed by atoms with Crippen LogP contribution >= 0.6 is 23.4 Å². The highest BCUT2D eigenvalue weighted by molar-refractivity contribution is 7.98. The van der Waals surface area contributed by atoms with Crippen LogP contribution in [0, 0.1) is 5.82 Å². The molecule has 0 aliphatic rings. The Kier molecular flexibility index (Phi) is 5.18. The van der Waals surface area contributed by atoms with E-state index < -0.39 is 0 Å². The minimum Gasteiger partial charge on any atom is -0.270 e. The Morgan fingerprint density at radius 3 is 2.48 bits per heavy atom. The summed E-state index contributed by atoms with van der Waals surface area (Å²) in [6, 6.07) is 19.9. The van der Waals surface area contributed by atoms with Crippen molar-refractivity contribution in [2.45, 2.75) is 10.9 Å². The number of nitrogens with zero attached hydrogens (tertiary/aromatic N) is 4. The Labute approximate surface area is 165 Å². The van der Waals surface area contributed by atoms with E-state index in [0.717, 1.165) is 22.0 Å². The number of thioether (sulfide) groups is 1. The Balaban J connectivity index is 1.72. The molecule has 0 saturated heterocycles. The van der Waals surface area contributed by atoms with Crippen LogP contribution in [-0.2, 0) is 5.75 Å². The third-order valence-electron chi connectivity index (χ3n) is 3.91. The monoisotopic (exact) mass is 396 g/mol. The van der Waals surface area contributed by atoms with Crippen molar-refractivity contribution in [2.24, 2.45) is 0 Å². The van der Waals surface area contributed by atoms with Gasteiger partial charge in [-0.3, -0.25) is 4.57 Å². The summed E-state index contributed by atoms with van der Waals surface area (Å²) in [4.78, 5) is 4.00. The van der Waals surface area contributed by atoms with Crippen LogP contribution in [0.2, 0.25) is 5.15 Å². The number of benzene rings is 2. The minimum absolute atomic E-state index is 0.284. The van der Waals surface area contributed by atoms with Crippen LogP contribution in [0.4, 0.5) is 4.39 Å². The largest absolute Gasteiger partial charge is 0.270 e. The fraction of sp³-hybridized carbons (Fsp3) is 0.0500. The van der Waals surface area contributed by atoms with Crippen LogP contribution in [0.15, 0.2) is 78.1 Å². The first-order chi connectivity index (χ1) is 13.2. The predicted molar refractivity (Wildman–Crippen MR) is 106 cm³/mol. The van der Waals surface area contributed by atoms with Crippen molar-refractivity contribution < 1.29 is 4.39 Å². The summed E-state index contributed by atoms with van der Waals surface area (Å²) in [5.74, 6) is 1.06. The highest BCUT2D eigenvalue weighted by atomic mass is 35.5. The zero-order valence-corrected chi connectivity index (χ0v) is 15.7. The standard InChI is InChI=1S/C20H14ClFN4S/c21-18-12-14(10-11-23-18)13-27-20-25-24-19(15-6-8-16(22)9-7-15)26(20)17-4-2-1-3-5-17/h1-12H,13H2. The average molecular weight is 397 g/mol. The van der Waals surface area contributed by atoms with E-state index >= 15 is 0 Å². The number of pyridine rings is 1. The van der Waals surface area contributed by atoms with E-state index in [4.69, 9.17) is 11.6 Å². The molecule has 0 spiro atoms. The zero-order chi connectivity index (χ0) is 18.6. The number of rotatable bonds is 5. The van der Waals surface area contributed by atoms with Gasteiger partial charge in [-0.2, -0.15) is 0 Å². The van der Waals surface area contributed by atoms with Gasteiger partial charge >= 0.3 is 0 Å². The first kappa shape index (κ1) is 17.7. The third kappa shape index (κ3) is 4.02. The first-order valence-electron chi connectivity index (χ1n) is 8.21. The second kappa shape index (κ2) is 7.90. The Hall–Kier alpha value is -2.70. The molecule has 0 bridgehead atoms. The molecule has 4 nitrogen and oxygen atoms in total. The van der Waals surface area contributed by atoms with Crippen molar-refractivity contribution in [3.63, 3.8) is 0 Å². The summed E-state index contributed by atoms with van der Waals surface area (Å²) in [6.45, 7) is 0. The van der Waals surface area contributed by atoms with Gasteiger partial charge in [0, 0.05) is 23.2 Å². The van der Waals surface area contributed by atoms with E-state index in [2.05, 4.69) is 15.2 Å². The summed E-state index contributed by atoms with van der Waals surface area (Å²) in [5, 5.41) is 9.92. The number of hydrogen-bond acceptors (Lipinski definition) is 4. The van der Waals surface area contributed by atoms with Gasteiger partial charge in [0.05, 0.1) is 0 Å². The van der Waals surface area contributed by atoms with Crippen molar-refractivity contribution in [3.8, 4) is 17.1 Å². The quantitative estimate of drug-likeness (QED) is 0.334. The van der Waals surface area contributed by atoms with E-state index in [1.54, 1.807) is 30.1 Å². The molecule has 4 aromatic rings. The van der Waals surface area contributed by atoms with Crippen LogP contribution < -0.4 is 0 Å². The molecule has 0 radical (unpaired) electrons. The Morgan fingerprint density at radius 1 is 0.963 bits per heavy atom. The molecule has 2 aromatic heterocycles. The van der Waals surface area contributed by atoms with Gasteiger partial charge in [0.1, 0.15) is 11.0 Å². The summed E-state index contributed by atoms with van der Waals surface area (Å²) in [7, 11) is 0. The van der Waals surface area contributed by atoms with E-state index in [0.29, 0.717) is 16.7 Å². The number of halogens is 2. The van der Waals surface area contributed by atoms with Crippen molar-refractivity contribution in [1.82, 2.24) is 19.7 Å². The van der Waals surface area contributed by atoms with E-state index in [9.17, 15) is 4.39 Å². The van der Waals surface area contributed by atoms with Crippen molar-refractivity contribution in [1.29, 1.82) is 0 Å². The maximum Gasteiger partial charge on any atom is 0.196 e. The topological polar surface area (TPSA) is 43.6 Å². The Morgan fingerprint density at radius 2 is 1.74 bits per heavy atom. The SMILES string of the molecule is Fc1ccc(-c2nnc(SCc3ccnc(Cl)c3)n2-c2ccccc2)cc1. The maximum atomic E-state index is 13.3. The lowest BCUT2D eigenvalue weighted by Gasteiger charge is -2.10. The zero-order valence-electron chi connectivity index (χ0n) is 14.1. The number of aromatic nitrogens is 4. The molecule has 0 saturated carbocycles. The summed E-state index contributed by atoms with van der Waals surface area (Å²) < 4.78 is 15.3. The number of hydrogen-bond donors (Lipinski definition) is 0. The second-order valence-corrected chi connectivity index (χ2v) is 7.09. The molecule has 2 aromatic carbocycles. The molecule has 134 valence electrons. The van der Waals surface area contributed by atoms with Gasteiger partial charge in [0.25, 0.3) is 0 Å². The molecule has 27 heavy (non-hydrogen) atoms. The first-order valence-corrected chi connectivity index (χ1v) is 9.57. The molecule has 7 heteroatoms. The molecule has 2 heterocycles. The number of para-hydroxylation sites is 1. The van der Waals surface area contributed by atoms with E-state index in [1.165, 1.54) is 12.1 Å². The maximum absolute atomic E-state index is 13.3. The molecular weight excluding hydrogens is 383 g/mol. The predicted octanol–water partition coefficient (Wildman–Crippen LogP) is 5.41. The van der Waals surface area contributed by atoms with Crippen molar-refractivity contribution in [3.05, 3.63) is 89.5 Å². The van der Waals surface area contributed by atoms with Crippen LogP contribution in [0.25, 0.3) is 17.1 Å². The molecule has 0 unspecified atom stereocenters. The molecule has 0 N–H and O–H groups in total. The van der Waals surface area contributed by atoms with Crippen molar-refractivity contribution >= 4 is 23.4 Å². The van der Waals surface area contributed by atoms with Gasteiger partial charge in [-0.05, 0) is 54.1 Å². The van der Waals surface area contributed by atoms with Crippen molar-refractivity contribution in [2.75, 3.05) is 0 Å². The van der Waals surface area contributed by atoms with Crippen LogP contribution in [0.1, 0.15) is 5.56 Å². The molecule has 0 aliphatic carbocycles. The molecule has 0 aliphatic heterocycles. The lowest BCUT2D eigenvalue weighted by atomic mass is 10.2. The summed E-state index contributed by atoms with van der Waals surface area (Å²) >= 11 is 7.52. The molecule has 4 rings (SSSR count). The fourth-order valence-electron chi connectivity index (χ4n) is 2.64. The normalized spacial score (nSPS) is 10.9. The van der Waals surface area contributed by atoms with Gasteiger partial charge in [-0.15, -0.1) is 10.2 Å². The average Bonchev–Trinajstić information content (AvgIpc) is 3.12. The van der Waals surface area contributed by atoms with Crippen LogP contribution in [-0.4, -0.2) is 19.7 Å². The van der Waals surface area contributed by atoms with Gasteiger partial charge in [0.15, 0.2) is 11.0 Å². The minimum atomic E-state index is -0.284. The smallest absolute Gasteiger partial charge is 0.196 e. The lowest BCUT2D eigenvalue weighted by molar-refractivity contribution is 0.628. The summed E-state index contributed by atoms with van der Waals surface area (Å²) in [6.07, 6.45) is 1.68.